The van der Waals surface area contributed by atoms with Gasteiger partial charge in [-0.2, -0.15) is 0 Å². The van der Waals surface area contributed by atoms with Gasteiger partial charge in [0.15, 0.2) is 11.5 Å². The van der Waals surface area contributed by atoms with E-state index in [1.807, 2.05) is 12.1 Å². The van der Waals surface area contributed by atoms with E-state index >= 15 is 0 Å². The summed E-state index contributed by atoms with van der Waals surface area (Å²) < 4.78 is 5.16. The molecular formula is C24H26N4O3. The molecule has 0 unspecified atom stereocenters. The molecule has 0 saturated carbocycles. The summed E-state index contributed by atoms with van der Waals surface area (Å²) >= 11 is 0. The molecule has 7 heteroatoms. The van der Waals surface area contributed by atoms with Crippen LogP contribution in [0.25, 0.3) is 0 Å². The zero-order chi connectivity index (χ0) is 21.8. The molecular weight excluding hydrogens is 392 g/mol. The predicted molar refractivity (Wildman–Crippen MR) is 118 cm³/mol. The number of nitrogens with one attached hydrogen (secondary N) is 1. The lowest BCUT2D eigenvalue weighted by Crippen LogP contribution is -2.50. The van der Waals surface area contributed by atoms with Crippen LogP contribution in [0.4, 0.5) is 5.69 Å². The first-order valence-corrected chi connectivity index (χ1v) is 10.4. The summed E-state index contributed by atoms with van der Waals surface area (Å²) in [4.78, 5) is 28.7. The van der Waals surface area contributed by atoms with Crippen LogP contribution in [-0.2, 0) is 4.79 Å². The van der Waals surface area contributed by atoms with Crippen molar-refractivity contribution >= 4 is 17.5 Å². The maximum atomic E-state index is 13.1. The lowest BCUT2D eigenvalue weighted by atomic mass is 9.96. The minimum Gasteiger partial charge on any atom is -0.359 e. The Balaban J connectivity index is 1.51. The van der Waals surface area contributed by atoms with Gasteiger partial charge in [-0.3, -0.25) is 14.5 Å². The van der Waals surface area contributed by atoms with Crippen molar-refractivity contribution in [2.24, 2.45) is 0 Å². The Labute approximate surface area is 181 Å². The number of hydrogen-bond donors (Lipinski definition) is 1. The van der Waals surface area contributed by atoms with E-state index in [9.17, 15) is 9.59 Å². The second-order valence-electron chi connectivity index (χ2n) is 7.70. The third-order valence-electron chi connectivity index (χ3n) is 5.56. The van der Waals surface area contributed by atoms with Crippen molar-refractivity contribution in [2.45, 2.75) is 19.9 Å². The smallest absolute Gasteiger partial charge is 0.278 e. The van der Waals surface area contributed by atoms with Crippen molar-refractivity contribution in [3.05, 3.63) is 83.2 Å². The summed E-state index contributed by atoms with van der Waals surface area (Å²) in [5, 5.41) is 6.56. The lowest BCUT2D eigenvalue weighted by Gasteiger charge is -2.39. The van der Waals surface area contributed by atoms with Gasteiger partial charge in [-0.25, -0.2) is 0 Å². The number of anilines is 1. The number of benzene rings is 2. The monoisotopic (exact) mass is 418 g/mol. The van der Waals surface area contributed by atoms with Crippen LogP contribution in [0.1, 0.15) is 40.3 Å². The van der Waals surface area contributed by atoms with Gasteiger partial charge < -0.3 is 14.7 Å². The lowest BCUT2D eigenvalue weighted by molar-refractivity contribution is -0.114. The van der Waals surface area contributed by atoms with E-state index in [0.29, 0.717) is 24.5 Å². The minimum absolute atomic E-state index is 0.129. The molecule has 0 aliphatic carbocycles. The molecule has 3 aromatic rings. The molecule has 1 N–H and O–H groups in total. The summed E-state index contributed by atoms with van der Waals surface area (Å²) in [6.07, 6.45) is 0. The molecule has 1 aliphatic heterocycles. The number of aromatic nitrogens is 1. The van der Waals surface area contributed by atoms with Crippen molar-refractivity contribution in [1.82, 2.24) is 15.0 Å². The zero-order valence-corrected chi connectivity index (χ0v) is 17.7. The zero-order valence-electron chi connectivity index (χ0n) is 17.7. The number of rotatable bonds is 5. The van der Waals surface area contributed by atoms with E-state index < -0.39 is 0 Å². The van der Waals surface area contributed by atoms with E-state index in [-0.39, 0.29) is 23.6 Å². The van der Waals surface area contributed by atoms with Crippen LogP contribution in [0.3, 0.4) is 0 Å². The van der Waals surface area contributed by atoms with Gasteiger partial charge in [-0.05, 0) is 18.1 Å². The fourth-order valence-corrected chi connectivity index (χ4v) is 4.06. The molecule has 0 atom stereocenters. The maximum absolute atomic E-state index is 13.1. The molecule has 0 bridgehead atoms. The van der Waals surface area contributed by atoms with Gasteiger partial charge >= 0.3 is 0 Å². The Hall–Kier alpha value is -3.45. The number of nitrogens with zero attached hydrogens (tertiary/aromatic N) is 3. The van der Waals surface area contributed by atoms with Crippen LogP contribution >= 0.6 is 0 Å². The minimum atomic E-state index is -0.265. The Morgan fingerprint density at radius 2 is 1.48 bits per heavy atom. The normalized spacial score (nSPS) is 14.6. The average Bonchev–Trinajstić information content (AvgIpc) is 3.15. The van der Waals surface area contributed by atoms with E-state index in [1.165, 1.54) is 18.1 Å². The highest BCUT2D eigenvalue weighted by atomic mass is 16.5. The summed E-state index contributed by atoms with van der Waals surface area (Å²) in [5.74, 6) is -0.0691. The molecule has 1 aliphatic rings. The second-order valence-corrected chi connectivity index (χ2v) is 7.70. The summed E-state index contributed by atoms with van der Waals surface area (Å²) in [6, 6.07) is 21.0. The van der Waals surface area contributed by atoms with Crippen molar-refractivity contribution in [3.8, 4) is 0 Å². The van der Waals surface area contributed by atoms with Crippen LogP contribution in [0.5, 0.6) is 0 Å². The third kappa shape index (κ3) is 4.51. The molecule has 2 aromatic carbocycles. The third-order valence-corrected chi connectivity index (χ3v) is 5.56. The predicted octanol–water partition coefficient (Wildman–Crippen LogP) is 3.49. The summed E-state index contributed by atoms with van der Waals surface area (Å²) in [5.41, 5.74) is 2.97. The standard InChI is InChI=1S/C24H26N4O3/c1-17-21(25-18(2)29)22(26-31-17)24(30)28-15-13-27(14-16-28)23(19-9-5-3-6-10-19)20-11-7-4-8-12-20/h3-12,23H,13-16H2,1-2H3,(H,25,29). The highest BCUT2D eigenvalue weighted by Gasteiger charge is 2.31. The number of carbonyl (C=O) groups excluding carboxylic acids is 2. The number of hydrogen-bond acceptors (Lipinski definition) is 5. The number of piperazine rings is 1. The maximum Gasteiger partial charge on any atom is 0.278 e. The second kappa shape index (κ2) is 9.14. The Morgan fingerprint density at radius 3 is 2.00 bits per heavy atom. The van der Waals surface area contributed by atoms with Gasteiger partial charge in [0, 0.05) is 33.1 Å². The summed E-state index contributed by atoms with van der Waals surface area (Å²) in [7, 11) is 0. The molecule has 160 valence electrons. The van der Waals surface area contributed by atoms with Gasteiger partial charge in [-0.1, -0.05) is 65.8 Å². The van der Waals surface area contributed by atoms with Gasteiger partial charge in [0.25, 0.3) is 5.91 Å². The number of aryl methyl sites for hydroxylation is 1. The Kier molecular flexibility index (Phi) is 6.13. The van der Waals surface area contributed by atoms with Crippen LogP contribution in [-0.4, -0.2) is 52.9 Å². The van der Waals surface area contributed by atoms with Crippen molar-refractivity contribution in [2.75, 3.05) is 31.5 Å². The molecule has 2 amide bonds. The Bertz CT molecular complexity index is 1000. The van der Waals surface area contributed by atoms with Gasteiger partial charge in [0.1, 0.15) is 5.69 Å². The van der Waals surface area contributed by atoms with Gasteiger partial charge in [-0.15, -0.1) is 0 Å². The highest BCUT2D eigenvalue weighted by molar-refractivity contribution is 6.02. The topological polar surface area (TPSA) is 78.7 Å². The van der Waals surface area contributed by atoms with Crippen LogP contribution < -0.4 is 5.32 Å². The summed E-state index contributed by atoms with van der Waals surface area (Å²) in [6.45, 7) is 5.67. The highest BCUT2D eigenvalue weighted by Crippen LogP contribution is 2.30. The number of amides is 2. The van der Waals surface area contributed by atoms with Gasteiger partial charge in [0.2, 0.25) is 5.91 Å². The molecule has 1 fully saturated rings. The molecule has 0 spiro atoms. The van der Waals surface area contributed by atoms with Crippen molar-refractivity contribution in [1.29, 1.82) is 0 Å². The molecule has 1 saturated heterocycles. The fraction of sp³-hybridized carbons (Fsp3) is 0.292. The molecule has 2 heterocycles. The molecule has 4 rings (SSSR count). The fourth-order valence-electron chi connectivity index (χ4n) is 4.06. The first-order valence-electron chi connectivity index (χ1n) is 10.4. The first-order chi connectivity index (χ1) is 15.0. The van der Waals surface area contributed by atoms with E-state index in [1.54, 1.807) is 11.8 Å². The quantitative estimate of drug-likeness (QED) is 0.686. The van der Waals surface area contributed by atoms with Crippen LogP contribution in [0, 0.1) is 6.92 Å². The molecule has 0 radical (unpaired) electrons. The largest absolute Gasteiger partial charge is 0.359 e. The van der Waals surface area contributed by atoms with E-state index in [4.69, 9.17) is 4.52 Å². The number of carbonyl (C=O) groups is 2. The van der Waals surface area contributed by atoms with E-state index in [0.717, 1.165) is 13.1 Å². The van der Waals surface area contributed by atoms with Crippen LogP contribution in [0.15, 0.2) is 65.2 Å². The van der Waals surface area contributed by atoms with Crippen molar-refractivity contribution in [3.63, 3.8) is 0 Å². The van der Waals surface area contributed by atoms with E-state index in [2.05, 4.69) is 63.9 Å². The SMILES string of the molecule is CC(=O)Nc1c(C(=O)N2CCN(C(c3ccccc3)c3ccccc3)CC2)noc1C. The molecule has 31 heavy (non-hydrogen) atoms. The molecule has 1 aromatic heterocycles. The van der Waals surface area contributed by atoms with Crippen LogP contribution in [0.2, 0.25) is 0 Å². The first kappa shape index (κ1) is 20.8. The molecule has 7 nitrogen and oxygen atoms in total. The van der Waals surface area contributed by atoms with Gasteiger partial charge in [0.05, 0.1) is 6.04 Å². The van der Waals surface area contributed by atoms with Crippen molar-refractivity contribution < 1.29 is 14.1 Å². The average molecular weight is 418 g/mol. The Morgan fingerprint density at radius 1 is 0.935 bits per heavy atom.